The van der Waals surface area contributed by atoms with Crippen LogP contribution in [0.4, 0.5) is 0 Å². The third kappa shape index (κ3) is 1.73. The molecule has 0 aliphatic heterocycles. The summed E-state index contributed by atoms with van der Waals surface area (Å²) in [6.45, 7) is 2.10. The molecule has 3 nitrogen and oxygen atoms in total. The molecule has 0 fully saturated rings. The predicted octanol–water partition coefficient (Wildman–Crippen LogP) is 2.91. The highest BCUT2D eigenvalue weighted by atomic mass is 16.5. The number of hydrogen-bond acceptors (Lipinski definition) is 3. The first-order chi connectivity index (χ1) is 7.36. The van der Waals surface area contributed by atoms with Crippen LogP contribution in [0.5, 0.6) is 5.75 Å². The van der Waals surface area contributed by atoms with E-state index < -0.39 is 0 Å². The van der Waals surface area contributed by atoms with Gasteiger partial charge in [-0.05, 0) is 18.1 Å². The van der Waals surface area contributed by atoms with Crippen LogP contribution in [0.25, 0.3) is 11.3 Å². The van der Waals surface area contributed by atoms with Gasteiger partial charge in [0.15, 0.2) is 6.39 Å². The Bertz CT molecular complexity index is 435. The molecule has 0 aliphatic rings. The smallest absolute Gasteiger partial charge is 0.181 e. The summed E-state index contributed by atoms with van der Waals surface area (Å²) in [6, 6.07) is 6.05. The van der Waals surface area contributed by atoms with E-state index in [0.29, 0.717) is 0 Å². The molecule has 3 heteroatoms. The lowest BCUT2D eigenvalue weighted by molar-refractivity contribution is 0.411. The highest BCUT2D eigenvalue weighted by molar-refractivity contribution is 5.68. The molecule has 0 unspecified atom stereocenters. The lowest BCUT2D eigenvalue weighted by Crippen LogP contribution is -1.93. The zero-order valence-corrected chi connectivity index (χ0v) is 8.86. The Hall–Kier alpha value is -1.77. The molecule has 0 bridgehead atoms. The van der Waals surface area contributed by atoms with Crippen molar-refractivity contribution in [3.63, 3.8) is 0 Å². The molecule has 2 rings (SSSR count). The SMILES string of the molecule is CCc1cccc(-c2cocn2)c1OC. The maximum Gasteiger partial charge on any atom is 0.181 e. The summed E-state index contributed by atoms with van der Waals surface area (Å²) in [4.78, 5) is 4.12. The number of para-hydroxylation sites is 1. The van der Waals surface area contributed by atoms with E-state index in [-0.39, 0.29) is 0 Å². The van der Waals surface area contributed by atoms with Gasteiger partial charge in [-0.25, -0.2) is 4.98 Å². The first-order valence-electron chi connectivity index (χ1n) is 4.91. The van der Waals surface area contributed by atoms with Crippen LogP contribution < -0.4 is 4.74 Å². The zero-order valence-electron chi connectivity index (χ0n) is 8.86. The average Bonchev–Trinajstić information content (AvgIpc) is 2.81. The molecule has 0 N–H and O–H groups in total. The fourth-order valence-corrected chi connectivity index (χ4v) is 1.65. The predicted molar refractivity (Wildman–Crippen MR) is 57.9 cm³/mol. The van der Waals surface area contributed by atoms with Crippen LogP contribution in [-0.2, 0) is 6.42 Å². The first-order valence-corrected chi connectivity index (χ1v) is 4.91. The minimum Gasteiger partial charge on any atom is -0.496 e. The van der Waals surface area contributed by atoms with Gasteiger partial charge in [0.25, 0.3) is 0 Å². The lowest BCUT2D eigenvalue weighted by Gasteiger charge is -2.10. The standard InChI is InChI=1S/C12H13NO2/c1-3-9-5-4-6-10(12(9)14-2)11-7-15-8-13-11/h4-8H,3H2,1-2H3. The second kappa shape index (κ2) is 4.17. The summed E-state index contributed by atoms with van der Waals surface area (Å²) >= 11 is 0. The van der Waals surface area contributed by atoms with Crippen molar-refractivity contribution in [2.24, 2.45) is 0 Å². The number of rotatable bonds is 3. The molecule has 0 radical (unpaired) electrons. The summed E-state index contributed by atoms with van der Waals surface area (Å²) in [5.41, 5.74) is 2.96. The molecule has 0 aliphatic carbocycles. The van der Waals surface area contributed by atoms with Crippen LogP contribution in [0.3, 0.4) is 0 Å². The number of aromatic nitrogens is 1. The molecule has 0 amide bonds. The first kappa shape index (κ1) is 9.77. The molecule has 2 aromatic rings. The molecule has 1 aromatic carbocycles. The number of nitrogens with zero attached hydrogens (tertiary/aromatic N) is 1. The molecule has 78 valence electrons. The van der Waals surface area contributed by atoms with E-state index in [9.17, 15) is 0 Å². The Balaban J connectivity index is 2.56. The fraction of sp³-hybridized carbons (Fsp3) is 0.250. The van der Waals surface area contributed by atoms with Crippen molar-refractivity contribution in [2.45, 2.75) is 13.3 Å². The number of methoxy groups -OCH3 is 1. The van der Waals surface area contributed by atoms with Gasteiger partial charge in [-0.1, -0.05) is 19.1 Å². The van der Waals surface area contributed by atoms with Crippen LogP contribution >= 0.6 is 0 Å². The molecule has 0 spiro atoms. The maximum absolute atomic E-state index is 5.41. The van der Waals surface area contributed by atoms with Crippen molar-refractivity contribution in [1.29, 1.82) is 0 Å². The molecule has 0 saturated heterocycles. The Morgan fingerprint density at radius 1 is 1.40 bits per heavy atom. The van der Waals surface area contributed by atoms with Crippen molar-refractivity contribution in [3.8, 4) is 17.0 Å². The quantitative estimate of drug-likeness (QED) is 0.769. The van der Waals surface area contributed by atoms with Crippen molar-refractivity contribution in [1.82, 2.24) is 4.98 Å². The topological polar surface area (TPSA) is 35.3 Å². The highest BCUT2D eigenvalue weighted by Crippen LogP contribution is 2.32. The summed E-state index contributed by atoms with van der Waals surface area (Å²) in [6.07, 6.45) is 3.99. The minimum absolute atomic E-state index is 0.808. The van der Waals surface area contributed by atoms with Gasteiger partial charge in [-0.2, -0.15) is 0 Å². The molecular weight excluding hydrogens is 190 g/mol. The van der Waals surface area contributed by atoms with Gasteiger partial charge in [0.05, 0.1) is 7.11 Å². The van der Waals surface area contributed by atoms with Crippen LogP contribution in [0.2, 0.25) is 0 Å². The van der Waals surface area contributed by atoms with Crippen molar-refractivity contribution in [2.75, 3.05) is 7.11 Å². The van der Waals surface area contributed by atoms with Crippen molar-refractivity contribution < 1.29 is 9.15 Å². The van der Waals surface area contributed by atoms with Gasteiger partial charge >= 0.3 is 0 Å². The van der Waals surface area contributed by atoms with Crippen LogP contribution in [0.15, 0.2) is 35.3 Å². The van der Waals surface area contributed by atoms with E-state index in [0.717, 1.165) is 23.4 Å². The second-order valence-electron chi connectivity index (χ2n) is 3.23. The highest BCUT2D eigenvalue weighted by Gasteiger charge is 2.11. The molecule has 15 heavy (non-hydrogen) atoms. The van der Waals surface area contributed by atoms with E-state index in [4.69, 9.17) is 9.15 Å². The van der Waals surface area contributed by atoms with E-state index >= 15 is 0 Å². The third-order valence-corrected chi connectivity index (χ3v) is 2.39. The van der Waals surface area contributed by atoms with Gasteiger partial charge in [0, 0.05) is 5.56 Å². The van der Waals surface area contributed by atoms with Crippen LogP contribution in [0, 0.1) is 0 Å². The average molecular weight is 203 g/mol. The maximum atomic E-state index is 5.41. The van der Waals surface area contributed by atoms with E-state index in [1.165, 1.54) is 12.0 Å². The van der Waals surface area contributed by atoms with E-state index in [2.05, 4.69) is 18.0 Å². The number of benzene rings is 1. The van der Waals surface area contributed by atoms with Crippen molar-refractivity contribution in [3.05, 3.63) is 36.4 Å². The Labute approximate surface area is 88.7 Å². The molecule has 1 aromatic heterocycles. The van der Waals surface area contributed by atoms with Crippen LogP contribution in [-0.4, -0.2) is 12.1 Å². The van der Waals surface area contributed by atoms with E-state index in [1.807, 2.05) is 12.1 Å². The largest absolute Gasteiger partial charge is 0.496 e. The molecular formula is C12H13NO2. The molecule has 1 heterocycles. The van der Waals surface area contributed by atoms with Crippen LogP contribution in [0.1, 0.15) is 12.5 Å². The normalized spacial score (nSPS) is 10.3. The second-order valence-corrected chi connectivity index (χ2v) is 3.23. The van der Waals surface area contributed by atoms with E-state index in [1.54, 1.807) is 13.4 Å². The Morgan fingerprint density at radius 3 is 2.87 bits per heavy atom. The number of ether oxygens (including phenoxy) is 1. The third-order valence-electron chi connectivity index (χ3n) is 2.39. The van der Waals surface area contributed by atoms with Gasteiger partial charge in [-0.3, -0.25) is 0 Å². The summed E-state index contributed by atoms with van der Waals surface area (Å²) < 4.78 is 10.4. The Kier molecular flexibility index (Phi) is 2.72. The number of hydrogen-bond donors (Lipinski definition) is 0. The molecule has 0 saturated carbocycles. The van der Waals surface area contributed by atoms with Gasteiger partial charge in [0.1, 0.15) is 17.7 Å². The summed E-state index contributed by atoms with van der Waals surface area (Å²) in [5, 5.41) is 0. The monoisotopic (exact) mass is 203 g/mol. The van der Waals surface area contributed by atoms with Crippen molar-refractivity contribution >= 4 is 0 Å². The summed E-state index contributed by atoms with van der Waals surface area (Å²) in [5.74, 6) is 0.883. The molecule has 0 atom stereocenters. The fourth-order valence-electron chi connectivity index (χ4n) is 1.65. The zero-order chi connectivity index (χ0) is 10.7. The Morgan fingerprint density at radius 2 is 2.27 bits per heavy atom. The lowest BCUT2D eigenvalue weighted by atomic mass is 10.0. The number of oxazole rings is 1. The van der Waals surface area contributed by atoms with Gasteiger partial charge < -0.3 is 9.15 Å². The number of aryl methyl sites for hydroxylation is 1. The van der Waals surface area contributed by atoms with Gasteiger partial charge in [0.2, 0.25) is 0 Å². The minimum atomic E-state index is 0.808. The van der Waals surface area contributed by atoms with Gasteiger partial charge in [-0.15, -0.1) is 0 Å². The summed E-state index contributed by atoms with van der Waals surface area (Å²) in [7, 11) is 1.68.